The molecule has 0 aliphatic carbocycles. The lowest BCUT2D eigenvalue weighted by molar-refractivity contribution is 0.134. The average Bonchev–Trinajstić information content (AvgIpc) is 4.05. The molecule has 0 saturated heterocycles. The second-order valence-corrected chi connectivity index (χ2v) is 15.7. The molecule has 0 aliphatic heterocycles. The highest BCUT2D eigenvalue weighted by molar-refractivity contribution is 7.30. The van der Waals surface area contributed by atoms with Crippen LogP contribution >= 0.6 is 22.7 Å². The first-order valence-electron chi connectivity index (χ1n) is 17.7. The van der Waals surface area contributed by atoms with Gasteiger partial charge in [-0.1, -0.05) is 83.7 Å². The van der Waals surface area contributed by atoms with Crippen LogP contribution < -0.4 is 32.4 Å². The van der Waals surface area contributed by atoms with E-state index < -0.39 is 27.8 Å². The van der Waals surface area contributed by atoms with Crippen LogP contribution in [0.15, 0.2) is 144 Å². The Bertz CT molecular complexity index is 3520. The number of hydrogen-bond acceptors (Lipinski definition) is 12. The van der Waals surface area contributed by atoms with Crippen molar-refractivity contribution in [2.24, 2.45) is 9.98 Å². The van der Waals surface area contributed by atoms with E-state index in [-0.39, 0.29) is 17.3 Å². The standard InChI is InChI=1S/C44H21N5O6S2/c50-38-26-14-22-10-4-5-11-23(22)15-27(26)39(51)36(38)45-32-18-30-34-35(48-49(47-34)44(54)55-20-21-8-2-1-3-9-21)31-19-33(57-43(31)42(30)56-32)46-37-40(52)28-16-24-12-6-7-13-25(24)17-29(28)41(37)53/h1-19H,20H2. The smallest absolute Gasteiger partial charge is 0.442 e. The van der Waals surface area contributed by atoms with E-state index in [9.17, 15) is 24.0 Å². The Morgan fingerprint density at radius 2 is 0.912 bits per heavy atom. The molecule has 0 saturated carbocycles. The maximum Gasteiger partial charge on any atom is 0.452 e. The summed E-state index contributed by atoms with van der Waals surface area (Å²) in [6.07, 6.45) is -0.803. The zero-order valence-electron chi connectivity index (χ0n) is 29.2. The molecule has 0 radical (unpaired) electrons. The molecule has 0 atom stereocenters. The van der Waals surface area contributed by atoms with Crippen molar-refractivity contribution in [1.29, 1.82) is 0 Å². The van der Waals surface area contributed by atoms with Gasteiger partial charge in [0.1, 0.15) is 27.6 Å². The van der Waals surface area contributed by atoms with Crippen LogP contribution in [0.1, 0.15) is 5.56 Å². The predicted molar refractivity (Wildman–Crippen MR) is 223 cm³/mol. The third kappa shape index (κ3) is 5.13. The average molecular weight is 780 g/mol. The fraction of sp³-hybridized carbons (Fsp3) is 0.0227. The summed E-state index contributed by atoms with van der Waals surface area (Å²) in [6.45, 7) is 0.00256. The normalized spacial score (nSPS) is 11.9. The lowest BCUT2D eigenvalue weighted by Crippen LogP contribution is -2.31. The van der Waals surface area contributed by atoms with Gasteiger partial charge >= 0.3 is 6.09 Å². The van der Waals surface area contributed by atoms with E-state index in [0.717, 1.165) is 31.9 Å². The molecule has 0 bridgehead atoms. The molecule has 11 nitrogen and oxygen atoms in total. The minimum atomic E-state index is -0.803. The molecule has 0 amide bonds. The number of aromatic nitrogens is 3. The topological polar surface area (TPSA) is 150 Å². The summed E-state index contributed by atoms with van der Waals surface area (Å²) < 4.78 is 6.89. The van der Waals surface area contributed by atoms with Crippen LogP contribution in [-0.2, 0) is 11.3 Å². The molecule has 3 aromatic heterocycles. The van der Waals surface area contributed by atoms with Gasteiger partial charge in [-0.3, -0.25) is 19.2 Å². The van der Waals surface area contributed by atoms with E-state index in [2.05, 4.69) is 20.2 Å². The Morgan fingerprint density at radius 1 is 0.526 bits per heavy atom. The predicted octanol–water partition coefficient (Wildman–Crippen LogP) is 7.32. The molecule has 57 heavy (non-hydrogen) atoms. The molecule has 11 aromatic rings. The first kappa shape index (κ1) is 33.0. The number of carbonyl (C=O) groups is 1. The zero-order chi connectivity index (χ0) is 38.5. The molecule has 0 spiro atoms. The third-order valence-electron chi connectivity index (χ3n) is 10.2. The highest BCUT2D eigenvalue weighted by atomic mass is 32.1. The molecule has 13 heteroatoms. The van der Waals surface area contributed by atoms with Gasteiger partial charge in [-0.05, 0) is 63.5 Å². The van der Waals surface area contributed by atoms with Gasteiger partial charge in [0.15, 0.2) is 10.7 Å². The maximum absolute atomic E-state index is 13.6. The molecule has 8 aromatic carbocycles. The van der Waals surface area contributed by atoms with Crippen molar-refractivity contribution in [3.8, 4) is 0 Å². The van der Waals surface area contributed by atoms with Gasteiger partial charge in [0, 0.05) is 32.3 Å². The summed E-state index contributed by atoms with van der Waals surface area (Å²) in [5.41, 5.74) is -0.374. The van der Waals surface area contributed by atoms with Crippen LogP contribution in [-0.4, -0.2) is 21.1 Å². The van der Waals surface area contributed by atoms with Gasteiger partial charge in [0.25, 0.3) is 0 Å². The van der Waals surface area contributed by atoms with Crippen molar-refractivity contribution < 1.29 is 9.53 Å². The minimum Gasteiger partial charge on any atom is -0.442 e. The van der Waals surface area contributed by atoms with Crippen LogP contribution in [0.3, 0.4) is 0 Å². The third-order valence-corrected chi connectivity index (χ3v) is 12.4. The van der Waals surface area contributed by atoms with Crippen LogP contribution in [0.4, 0.5) is 14.8 Å². The second-order valence-electron chi connectivity index (χ2n) is 13.6. The summed E-state index contributed by atoms with van der Waals surface area (Å²) in [5.74, 6) is 0. The van der Waals surface area contributed by atoms with Crippen molar-refractivity contribution in [3.63, 3.8) is 0 Å². The van der Waals surface area contributed by atoms with Gasteiger partial charge in [0.05, 0.1) is 9.40 Å². The Morgan fingerprint density at radius 3 is 1.32 bits per heavy atom. The second kappa shape index (κ2) is 12.3. The largest absolute Gasteiger partial charge is 0.452 e. The molecule has 0 N–H and O–H groups in total. The van der Waals surface area contributed by atoms with E-state index in [1.165, 1.54) is 22.7 Å². The number of ether oxygens (including phenoxy) is 1. The molecule has 11 rings (SSSR count). The number of hydrogen-bond donors (Lipinski definition) is 0. The van der Waals surface area contributed by atoms with Crippen molar-refractivity contribution in [2.75, 3.05) is 0 Å². The zero-order valence-corrected chi connectivity index (χ0v) is 30.8. The monoisotopic (exact) mass is 779 g/mol. The number of thiophene rings is 2. The first-order chi connectivity index (χ1) is 27.8. The Labute approximate surface area is 325 Å². The summed E-state index contributed by atoms with van der Waals surface area (Å²) in [6, 6.07) is 34.5. The van der Waals surface area contributed by atoms with Crippen LogP contribution in [0, 0.1) is 0 Å². The Hall–Kier alpha value is -7.35. The van der Waals surface area contributed by atoms with Gasteiger partial charge in [-0.2, -0.15) is 0 Å². The Kier molecular flexibility index (Phi) is 7.14. The maximum atomic E-state index is 13.6. The van der Waals surface area contributed by atoms with E-state index in [4.69, 9.17) is 4.74 Å². The SMILES string of the molecule is O=C(OCc1ccccc1)n1nc2c3cc(N=c4c(=O)c5cc6ccccc6cc5c4=O)sc3c3sc(N=c4c(=O)c5cc6ccccc6cc5c4=O)cc3c2n1. The van der Waals surface area contributed by atoms with E-state index in [1.807, 2.05) is 78.9 Å². The van der Waals surface area contributed by atoms with E-state index >= 15 is 0 Å². The molecule has 0 unspecified atom stereocenters. The fourth-order valence-corrected chi connectivity index (χ4v) is 9.69. The Balaban J connectivity index is 1.12. The number of rotatable bonds is 4. The van der Waals surface area contributed by atoms with Crippen molar-refractivity contribution in [1.82, 2.24) is 15.0 Å². The van der Waals surface area contributed by atoms with Gasteiger partial charge in [0.2, 0.25) is 21.7 Å². The summed E-state index contributed by atoms with van der Waals surface area (Å²) in [4.78, 5) is 77.9. The van der Waals surface area contributed by atoms with Gasteiger partial charge in [-0.25, -0.2) is 14.8 Å². The minimum absolute atomic E-state index is 0.00256. The fourth-order valence-electron chi connectivity index (χ4n) is 7.46. The molecule has 3 heterocycles. The van der Waals surface area contributed by atoms with Crippen LogP contribution in [0.25, 0.3) is 74.3 Å². The van der Waals surface area contributed by atoms with Crippen molar-refractivity contribution in [3.05, 3.63) is 172 Å². The number of nitrogens with zero attached hydrogens (tertiary/aromatic N) is 5. The molecule has 0 aliphatic rings. The summed E-state index contributed by atoms with van der Waals surface area (Å²) in [7, 11) is 0. The molecular weight excluding hydrogens is 759 g/mol. The quantitative estimate of drug-likeness (QED) is 0.180. The van der Waals surface area contributed by atoms with Gasteiger partial charge in [-0.15, -0.1) is 32.9 Å². The summed E-state index contributed by atoms with van der Waals surface area (Å²) >= 11 is 2.46. The van der Waals surface area contributed by atoms with E-state index in [0.29, 0.717) is 62.8 Å². The number of fused-ring (bicyclic) bond motifs is 10. The summed E-state index contributed by atoms with van der Waals surface area (Å²) in [5, 5.41) is 15.1. The molecular formula is C44H21N5O6S2. The van der Waals surface area contributed by atoms with Gasteiger partial charge < -0.3 is 4.74 Å². The lowest BCUT2D eigenvalue weighted by atomic mass is 10.1. The number of benzene rings is 6. The van der Waals surface area contributed by atoms with Crippen molar-refractivity contribution >= 4 is 113 Å². The van der Waals surface area contributed by atoms with Crippen LogP contribution in [0.2, 0.25) is 0 Å². The highest BCUT2D eigenvalue weighted by Gasteiger charge is 2.23. The lowest BCUT2D eigenvalue weighted by Gasteiger charge is -2.02. The molecule has 270 valence electrons. The highest BCUT2D eigenvalue weighted by Crippen LogP contribution is 2.46. The molecule has 0 fully saturated rings. The number of carbonyl (C=O) groups excluding carboxylic acids is 1. The first-order valence-corrected chi connectivity index (χ1v) is 19.3. The van der Waals surface area contributed by atoms with Crippen molar-refractivity contribution in [2.45, 2.75) is 6.61 Å². The van der Waals surface area contributed by atoms with E-state index in [1.54, 1.807) is 36.4 Å². The van der Waals surface area contributed by atoms with Crippen LogP contribution in [0.5, 0.6) is 0 Å².